The maximum Gasteiger partial charge on any atom is 0.128 e. The van der Waals surface area contributed by atoms with Gasteiger partial charge in [0.2, 0.25) is 0 Å². The Morgan fingerprint density at radius 1 is 1.37 bits per heavy atom. The third kappa shape index (κ3) is 3.61. The molecule has 1 aromatic rings. The number of rotatable bonds is 7. The van der Waals surface area contributed by atoms with Gasteiger partial charge in [-0.15, -0.1) is 0 Å². The van der Waals surface area contributed by atoms with Crippen molar-refractivity contribution >= 4 is 17.4 Å². The largest absolute Gasteiger partial charge is 0.357 e. The summed E-state index contributed by atoms with van der Waals surface area (Å²) in [5, 5.41) is 4.30. The van der Waals surface area contributed by atoms with Crippen molar-refractivity contribution in [2.45, 2.75) is 45.2 Å². The standard InChI is InChI=1S/C15H22ClN3/c1-2-19(10-11-3-4-11)15-7-12(14(16)9-18-15)8-17-13-5-6-13/h7,9,11,13,17H,2-6,8,10H2,1H3. The first-order valence-corrected chi connectivity index (χ1v) is 7.76. The highest BCUT2D eigenvalue weighted by molar-refractivity contribution is 6.31. The van der Waals surface area contributed by atoms with E-state index in [9.17, 15) is 0 Å². The van der Waals surface area contributed by atoms with Crippen molar-refractivity contribution in [1.82, 2.24) is 10.3 Å². The second-order valence-corrected chi connectivity index (χ2v) is 6.18. The number of aromatic nitrogens is 1. The van der Waals surface area contributed by atoms with E-state index in [2.05, 4.69) is 28.2 Å². The third-order valence-electron chi connectivity index (χ3n) is 3.96. The first kappa shape index (κ1) is 13.2. The van der Waals surface area contributed by atoms with Gasteiger partial charge in [-0.3, -0.25) is 0 Å². The van der Waals surface area contributed by atoms with Crippen LogP contribution >= 0.6 is 11.6 Å². The summed E-state index contributed by atoms with van der Waals surface area (Å²) in [6.07, 6.45) is 7.16. The molecule has 1 N–H and O–H groups in total. The van der Waals surface area contributed by atoms with Crippen LogP contribution in [0.2, 0.25) is 5.02 Å². The van der Waals surface area contributed by atoms with Crippen LogP contribution in [0.15, 0.2) is 12.3 Å². The molecule has 3 nitrogen and oxygen atoms in total. The van der Waals surface area contributed by atoms with Crippen molar-refractivity contribution in [3.63, 3.8) is 0 Å². The van der Waals surface area contributed by atoms with E-state index in [1.165, 1.54) is 31.2 Å². The predicted octanol–water partition coefficient (Wildman–Crippen LogP) is 3.22. The average Bonchev–Trinajstić information content (AvgIpc) is 3.29. The van der Waals surface area contributed by atoms with Crippen molar-refractivity contribution < 1.29 is 0 Å². The van der Waals surface area contributed by atoms with Crippen LogP contribution in [0.1, 0.15) is 38.2 Å². The van der Waals surface area contributed by atoms with Crippen molar-refractivity contribution in [3.05, 3.63) is 22.8 Å². The van der Waals surface area contributed by atoms with E-state index < -0.39 is 0 Å². The molecule has 2 saturated carbocycles. The minimum absolute atomic E-state index is 0.710. The molecular weight excluding hydrogens is 258 g/mol. The fourth-order valence-corrected chi connectivity index (χ4v) is 2.48. The van der Waals surface area contributed by atoms with E-state index in [1.54, 1.807) is 6.20 Å². The molecule has 0 aliphatic heterocycles. The van der Waals surface area contributed by atoms with E-state index in [-0.39, 0.29) is 0 Å². The zero-order valence-corrected chi connectivity index (χ0v) is 12.3. The van der Waals surface area contributed by atoms with Gasteiger partial charge in [-0.25, -0.2) is 4.98 Å². The SMILES string of the molecule is CCN(CC1CC1)c1cc(CNC2CC2)c(Cl)cn1. The lowest BCUT2D eigenvalue weighted by molar-refractivity contribution is 0.684. The van der Waals surface area contributed by atoms with Crippen molar-refractivity contribution in [1.29, 1.82) is 0 Å². The van der Waals surface area contributed by atoms with Gasteiger partial charge in [-0.1, -0.05) is 11.6 Å². The lowest BCUT2D eigenvalue weighted by Crippen LogP contribution is -2.26. The molecule has 0 radical (unpaired) electrons. The normalized spacial score (nSPS) is 18.6. The van der Waals surface area contributed by atoms with Gasteiger partial charge < -0.3 is 10.2 Å². The second kappa shape index (κ2) is 5.68. The number of nitrogens with zero attached hydrogens (tertiary/aromatic N) is 2. The number of anilines is 1. The fourth-order valence-electron chi connectivity index (χ4n) is 2.31. The molecule has 1 heterocycles. The Hall–Kier alpha value is -0.800. The first-order chi connectivity index (χ1) is 9.26. The Balaban J connectivity index is 1.69. The molecule has 2 aliphatic rings. The van der Waals surface area contributed by atoms with E-state index in [0.717, 1.165) is 36.4 Å². The summed E-state index contributed by atoms with van der Waals surface area (Å²) in [6.45, 7) is 5.21. The van der Waals surface area contributed by atoms with Crippen LogP contribution in [0.3, 0.4) is 0 Å². The summed E-state index contributed by atoms with van der Waals surface area (Å²) in [6, 6.07) is 2.87. The number of halogens is 1. The Morgan fingerprint density at radius 2 is 2.16 bits per heavy atom. The Labute approximate surface area is 120 Å². The van der Waals surface area contributed by atoms with E-state index in [1.807, 2.05) is 0 Å². The molecule has 19 heavy (non-hydrogen) atoms. The Bertz CT molecular complexity index is 441. The van der Waals surface area contributed by atoms with Crippen LogP contribution in [-0.4, -0.2) is 24.1 Å². The Morgan fingerprint density at radius 3 is 2.79 bits per heavy atom. The molecule has 0 unspecified atom stereocenters. The minimum Gasteiger partial charge on any atom is -0.357 e. The summed E-state index contributed by atoms with van der Waals surface area (Å²) >= 11 is 6.25. The topological polar surface area (TPSA) is 28.2 Å². The van der Waals surface area contributed by atoms with Gasteiger partial charge in [0.15, 0.2) is 0 Å². The molecule has 0 atom stereocenters. The predicted molar refractivity (Wildman–Crippen MR) is 79.7 cm³/mol. The second-order valence-electron chi connectivity index (χ2n) is 5.77. The van der Waals surface area contributed by atoms with Gasteiger partial charge in [0.05, 0.1) is 5.02 Å². The molecule has 0 amide bonds. The third-order valence-corrected chi connectivity index (χ3v) is 4.30. The van der Waals surface area contributed by atoms with Gasteiger partial charge >= 0.3 is 0 Å². The van der Waals surface area contributed by atoms with E-state index >= 15 is 0 Å². The van der Waals surface area contributed by atoms with Gasteiger partial charge in [-0.05, 0) is 50.2 Å². The number of hydrogen-bond acceptors (Lipinski definition) is 3. The van der Waals surface area contributed by atoms with Crippen molar-refractivity contribution in [2.24, 2.45) is 5.92 Å². The Kier molecular flexibility index (Phi) is 3.94. The summed E-state index contributed by atoms with van der Waals surface area (Å²) in [5.74, 6) is 1.96. The van der Waals surface area contributed by atoms with Crippen LogP contribution in [0.5, 0.6) is 0 Å². The molecule has 3 rings (SSSR count). The molecule has 0 aromatic carbocycles. The van der Waals surface area contributed by atoms with Crippen LogP contribution in [0.4, 0.5) is 5.82 Å². The molecular formula is C15H22ClN3. The minimum atomic E-state index is 0.710. The highest BCUT2D eigenvalue weighted by Gasteiger charge is 2.25. The van der Waals surface area contributed by atoms with Gasteiger partial charge in [0, 0.05) is 31.9 Å². The molecule has 1 aromatic heterocycles. The van der Waals surface area contributed by atoms with Crippen molar-refractivity contribution in [3.8, 4) is 0 Å². The highest BCUT2D eigenvalue weighted by Crippen LogP contribution is 2.31. The van der Waals surface area contributed by atoms with E-state index in [0.29, 0.717) is 6.04 Å². The summed E-state index contributed by atoms with van der Waals surface area (Å²) in [4.78, 5) is 6.87. The van der Waals surface area contributed by atoms with Crippen LogP contribution in [-0.2, 0) is 6.54 Å². The van der Waals surface area contributed by atoms with Crippen molar-refractivity contribution in [2.75, 3.05) is 18.0 Å². The molecule has 0 saturated heterocycles. The monoisotopic (exact) mass is 279 g/mol. The lowest BCUT2D eigenvalue weighted by Gasteiger charge is -2.22. The molecule has 0 spiro atoms. The first-order valence-electron chi connectivity index (χ1n) is 7.39. The molecule has 2 fully saturated rings. The molecule has 0 bridgehead atoms. The quantitative estimate of drug-likeness (QED) is 0.831. The number of nitrogens with one attached hydrogen (secondary N) is 1. The van der Waals surface area contributed by atoms with Crippen LogP contribution in [0.25, 0.3) is 0 Å². The van der Waals surface area contributed by atoms with Crippen LogP contribution < -0.4 is 10.2 Å². The zero-order chi connectivity index (χ0) is 13.2. The van der Waals surface area contributed by atoms with Gasteiger partial charge in [0.1, 0.15) is 5.82 Å². The average molecular weight is 280 g/mol. The van der Waals surface area contributed by atoms with Gasteiger partial charge in [-0.2, -0.15) is 0 Å². The molecule has 104 valence electrons. The smallest absolute Gasteiger partial charge is 0.128 e. The summed E-state index contributed by atoms with van der Waals surface area (Å²) in [7, 11) is 0. The summed E-state index contributed by atoms with van der Waals surface area (Å²) in [5.41, 5.74) is 1.17. The lowest BCUT2D eigenvalue weighted by atomic mass is 10.2. The molecule has 2 aliphatic carbocycles. The summed E-state index contributed by atoms with van der Waals surface area (Å²) < 4.78 is 0. The number of hydrogen-bond donors (Lipinski definition) is 1. The fraction of sp³-hybridized carbons (Fsp3) is 0.667. The van der Waals surface area contributed by atoms with Gasteiger partial charge in [0.25, 0.3) is 0 Å². The van der Waals surface area contributed by atoms with E-state index in [4.69, 9.17) is 11.6 Å². The van der Waals surface area contributed by atoms with Crippen LogP contribution in [0, 0.1) is 5.92 Å². The maximum atomic E-state index is 6.25. The number of pyridine rings is 1. The highest BCUT2D eigenvalue weighted by atomic mass is 35.5. The zero-order valence-electron chi connectivity index (χ0n) is 11.5. The maximum absolute atomic E-state index is 6.25. The molecule has 4 heteroatoms.